The summed E-state index contributed by atoms with van der Waals surface area (Å²) in [5, 5.41) is 23.9. The second-order valence-electron chi connectivity index (χ2n) is 5.55. The van der Waals surface area contributed by atoms with Gasteiger partial charge in [-0.2, -0.15) is 10.1 Å². The lowest BCUT2D eigenvalue weighted by molar-refractivity contribution is -0.384. The van der Waals surface area contributed by atoms with Gasteiger partial charge in [-0.1, -0.05) is 6.07 Å². The van der Waals surface area contributed by atoms with Crippen LogP contribution in [0.15, 0.2) is 30.5 Å². The van der Waals surface area contributed by atoms with E-state index in [1.54, 1.807) is 6.07 Å². The molecule has 0 aliphatic rings. The molecule has 3 rings (SSSR count). The van der Waals surface area contributed by atoms with Gasteiger partial charge in [0.15, 0.2) is 17.4 Å². The second-order valence-corrected chi connectivity index (χ2v) is 5.55. The van der Waals surface area contributed by atoms with Crippen LogP contribution in [-0.4, -0.2) is 32.2 Å². The molecule has 0 unspecified atom stereocenters. The van der Waals surface area contributed by atoms with E-state index in [0.29, 0.717) is 23.1 Å². The maximum absolute atomic E-state index is 11.0. The monoisotopic (exact) mass is 355 g/mol. The third-order valence-corrected chi connectivity index (χ3v) is 3.61. The number of hydrogen-bond acceptors (Lipinski definition) is 8. The average molecular weight is 355 g/mol. The van der Waals surface area contributed by atoms with Gasteiger partial charge in [-0.25, -0.2) is 4.98 Å². The molecule has 0 spiro atoms. The number of nitro groups is 1. The molecule has 0 aliphatic heterocycles. The molecular formula is C16H17N7O3. The van der Waals surface area contributed by atoms with Crippen LogP contribution in [0, 0.1) is 24.0 Å². The predicted molar refractivity (Wildman–Crippen MR) is 96.3 cm³/mol. The smallest absolute Gasteiger partial charge is 0.271 e. The number of benzene rings is 1. The third-order valence-electron chi connectivity index (χ3n) is 3.61. The van der Waals surface area contributed by atoms with Crippen molar-refractivity contribution in [2.24, 2.45) is 0 Å². The lowest BCUT2D eigenvalue weighted by Gasteiger charge is -2.12. The Morgan fingerprint density at radius 3 is 2.69 bits per heavy atom. The number of aromatic amines is 1. The zero-order valence-corrected chi connectivity index (χ0v) is 14.4. The van der Waals surface area contributed by atoms with Crippen LogP contribution in [0.4, 0.5) is 29.0 Å². The first-order chi connectivity index (χ1) is 12.5. The Kier molecular flexibility index (Phi) is 4.65. The quantitative estimate of drug-likeness (QED) is 0.454. The Morgan fingerprint density at radius 1 is 1.23 bits per heavy atom. The van der Waals surface area contributed by atoms with E-state index in [1.807, 2.05) is 19.9 Å². The number of rotatable bonds is 6. The van der Waals surface area contributed by atoms with Gasteiger partial charge in [0.25, 0.3) is 5.69 Å². The first-order valence-electron chi connectivity index (χ1n) is 7.68. The van der Waals surface area contributed by atoms with E-state index in [4.69, 9.17) is 4.74 Å². The molecule has 0 bridgehead atoms. The van der Waals surface area contributed by atoms with E-state index in [9.17, 15) is 10.1 Å². The van der Waals surface area contributed by atoms with E-state index in [0.717, 1.165) is 11.3 Å². The fourth-order valence-corrected chi connectivity index (χ4v) is 2.25. The molecule has 0 saturated heterocycles. The number of H-pyrrole nitrogens is 1. The number of non-ortho nitro benzene ring substituents is 1. The maximum Gasteiger partial charge on any atom is 0.271 e. The van der Waals surface area contributed by atoms with Gasteiger partial charge in [0, 0.05) is 23.9 Å². The maximum atomic E-state index is 11.0. The zero-order valence-electron chi connectivity index (χ0n) is 14.4. The summed E-state index contributed by atoms with van der Waals surface area (Å²) < 4.78 is 5.26. The molecule has 0 amide bonds. The lowest BCUT2D eigenvalue weighted by Crippen LogP contribution is -2.04. The number of aromatic nitrogens is 4. The number of ether oxygens (including phenoxy) is 1. The Hall–Kier alpha value is -3.69. The lowest BCUT2D eigenvalue weighted by atomic mass is 10.2. The first kappa shape index (κ1) is 17.1. The Balaban J connectivity index is 1.90. The van der Waals surface area contributed by atoms with E-state index < -0.39 is 4.92 Å². The van der Waals surface area contributed by atoms with Crippen molar-refractivity contribution in [3.63, 3.8) is 0 Å². The average Bonchev–Trinajstić information content (AvgIpc) is 3.02. The Morgan fingerprint density at radius 2 is 2.04 bits per heavy atom. The Labute approximate surface area is 148 Å². The zero-order chi connectivity index (χ0) is 18.7. The first-order valence-corrected chi connectivity index (χ1v) is 7.68. The fourth-order valence-electron chi connectivity index (χ4n) is 2.25. The Bertz CT molecular complexity index is 955. The van der Waals surface area contributed by atoms with Gasteiger partial charge in [0.05, 0.1) is 23.9 Å². The van der Waals surface area contributed by atoms with Gasteiger partial charge < -0.3 is 15.4 Å². The highest BCUT2D eigenvalue weighted by molar-refractivity contribution is 5.65. The number of nitrogens with one attached hydrogen (secondary N) is 3. The SMILES string of the molecule is COc1cnc(Nc2cc([N+](=O)[O-])ccc2C)nc1Nc1cc(C)[nH]n1. The highest BCUT2D eigenvalue weighted by Crippen LogP contribution is 2.28. The molecule has 0 atom stereocenters. The fraction of sp³-hybridized carbons (Fsp3) is 0.188. The highest BCUT2D eigenvalue weighted by Gasteiger charge is 2.13. The van der Waals surface area contributed by atoms with Crippen LogP contribution in [0.1, 0.15) is 11.3 Å². The van der Waals surface area contributed by atoms with Crippen LogP contribution in [0.3, 0.4) is 0 Å². The highest BCUT2D eigenvalue weighted by atomic mass is 16.6. The topological polar surface area (TPSA) is 131 Å². The van der Waals surface area contributed by atoms with E-state index in [1.165, 1.54) is 25.4 Å². The molecule has 1 aromatic carbocycles. The largest absolute Gasteiger partial charge is 0.491 e. The number of nitro benzene ring substituents is 1. The van der Waals surface area contributed by atoms with Crippen molar-refractivity contribution >= 4 is 29.0 Å². The molecule has 0 aliphatic carbocycles. The van der Waals surface area contributed by atoms with E-state index in [2.05, 4.69) is 30.8 Å². The molecule has 134 valence electrons. The van der Waals surface area contributed by atoms with Gasteiger partial charge in [0.1, 0.15) is 0 Å². The molecular weight excluding hydrogens is 338 g/mol. The van der Waals surface area contributed by atoms with Crippen molar-refractivity contribution in [1.82, 2.24) is 20.2 Å². The van der Waals surface area contributed by atoms with Crippen molar-refractivity contribution in [3.05, 3.63) is 51.8 Å². The number of anilines is 4. The third kappa shape index (κ3) is 3.69. The summed E-state index contributed by atoms with van der Waals surface area (Å²) in [5.41, 5.74) is 2.25. The molecule has 26 heavy (non-hydrogen) atoms. The summed E-state index contributed by atoms with van der Waals surface area (Å²) in [6.45, 7) is 3.72. The van der Waals surface area contributed by atoms with Crippen molar-refractivity contribution in [3.8, 4) is 5.75 Å². The van der Waals surface area contributed by atoms with Crippen LogP contribution in [0.2, 0.25) is 0 Å². The molecule has 3 N–H and O–H groups in total. The minimum absolute atomic E-state index is 0.0167. The van der Waals surface area contributed by atoms with Gasteiger partial charge in [-0.05, 0) is 19.4 Å². The normalized spacial score (nSPS) is 10.4. The summed E-state index contributed by atoms with van der Waals surface area (Å²) in [4.78, 5) is 19.1. The van der Waals surface area contributed by atoms with Crippen LogP contribution in [0.5, 0.6) is 5.75 Å². The molecule has 0 fully saturated rings. The second kappa shape index (κ2) is 7.05. The van der Waals surface area contributed by atoms with Gasteiger partial charge >= 0.3 is 0 Å². The summed E-state index contributed by atoms with van der Waals surface area (Å²) in [7, 11) is 1.51. The van der Waals surface area contributed by atoms with Crippen LogP contribution < -0.4 is 15.4 Å². The number of hydrogen-bond donors (Lipinski definition) is 3. The van der Waals surface area contributed by atoms with E-state index in [-0.39, 0.29) is 11.6 Å². The summed E-state index contributed by atoms with van der Waals surface area (Å²) in [6, 6.07) is 6.37. The van der Waals surface area contributed by atoms with Crippen LogP contribution in [-0.2, 0) is 0 Å². The summed E-state index contributed by atoms with van der Waals surface area (Å²) in [6.07, 6.45) is 1.50. The van der Waals surface area contributed by atoms with E-state index >= 15 is 0 Å². The van der Waals surface area contributed by atoms with Gasteiger partial charge in [-0.15, -0.1) is 0 Å². The van der Waals surface area contributed by atoms with Gasteiger partial charge in [-0.3, -0.25) is 15.2 Å². The number of aryl methyl sites for hydroxylation is 2. The van der Waals surface area contributed by atoms with Gasteiger partial charge in [0.2, 0.25) is 5.95 Å². The van der Waals surface area contributed by atoms with Crippen molar-refractivity contribution in [1.29, 1.82) is 0 Å². The molecule has 2 aromatic heterocycles. The standard InChI is InChI=1S/C16H17N7O3/c1-9-4-5-11(23(24)25)7-12(9)18-16-17-8-13(26-3)15(20-16)19-14-6-10(2)21-22-14/h4-8H,1-3H3,(H3,17,18,19,20,21,22). The number of nitrogens with zero attached hydrogens (tertiary/aromatic N) is 4. The molecule has 2 heterocycles. The number of methoxy groups -OCH3 is 1. The van der Waals surface area contributed by atoms with Crippen molar-refractivity contribution < 1.29 is 9.66 Å². The van der Waals surface area contributed by atoms with Crippen molar-refractivity contribution in [2.75, 3.05) is 17.7 Å². The van der Waals surface area contributed by atoms with Crippen LogP contribution >= 0.6 is 0 Å². The molecule has 10 heteroatoms. The van der Waals surface area contributed by atoms with Crippen LogP contribution in [0.25, 0.3) is 0 Å². The molecule has 0 radical (unpaired) electrons. The van der Waals surface area contributed by atoms with Crippen molar-refractivity contribution in [2.45, 2.75) is 13.8 Å². The molecule has 0 saturated carbocycles. The molecule has 3 aromatic rings. The summed E-state index contributed by atoms with van der Waals surface area (Å²) >= 11 is 0. The predicted octanol–water partition coefficient (Wildman–Crippen LogP) is 3.22. The minimum Gasteiger partial charge on any atom is -0.491 e. The summed E-state index contributed by atoms with van der Waals surface area (Å²) in [5.74, 6) is 1.70. The minimum atomic E-state index is -0.452. The molecule has 10 nitrogen and oxygen atoms in total.